The number of rotatable bonds is 8. The van der Waals surface area contributed by atoms with E-state index in [1.807, 2.05) is 79.4 Å². The van der Waals surface area contributed by atoms with Gasteiger partial charge in [0, 0.05) is 24.4 Å². The smallest absolute Gasteiger partial charge is 0.271 e. The zero-order chi connectivity index (χ0) is 26.5. The van der Waals surface area contributed by atoms with E-state index in [-0.39, 0.29) is 30.4 Å². The molecule has 38 heavy (non-hydrogen) atoms. The van der Waals surface area contributed by atoms with Crippen LogP contribution in [0.3, 0.4) is 0 Å². The van der Waals surface area contributed by atoms with E-state index in [1.54, 1.807) is 5.38 Å². The summed E-state index contributed by atoms with van der Waals surface area (Å²) >= 11 is 1.40. The molecule has 0 fully saturated rings. The summed E-state index contributed by atoms with van der Waals surface area (Å²) < 4.78 is 6.12. The first-order valence-corrected chi connectivity index (χ1v) is 13.7. The van der Waals surface area contributed by atoms with Crippen LogP contribution in [0.5, 0.6) is 5.75 Å². The predicted molar refractivity (Wildman–Crippen MR) is 149 cm³/mol. The highest BCUT2D eigenvalue weighted by atomic mass is 32.1. The van der Waals surface area contributed by atoms with Crippen LogP contribution in [0, 0.1) is 5.92 Å². The van der Waals surface area contributed by atoms with Crippen LogP contribution in [0.4, 0.5) is 0 Å². The third-order valence-electron chi connectivity index (χ3n) is 6.68. The second-order valence-electron chi connectivity index (χ2n) is 9.69. The molecule has 4 aromatic rings. The van der Waals surface area contributed by atoms with Crippen LogP contribution in [0.25, 0.3) is 0 Å². The van der Waals surface area contributed by atoms with E-state index >= 15 is 0 Å². The van der Waals surface area contributed by atoms with Gasteiger partial charge in [-0.1, -0.05) is 80.6 Å². The van der Waals surface area contributed by atoms with Crippen LogP contribution in [0.1, 0.15) is 57.6 Å². The third-order valence-corrected chi connectivity index (χ3v) is 7.50. The number of thiazole rings is 1. The lowest BCUT2D eigenvalue weighted by Crippen LogP contribution is -2.42. The second-order valence-corrected chi connectivity index (χ2v) is 10.6. The summed E-state index contributed by atoms with van der Waals surface area (Å²) in [6.45, 7) is 5.31. The van der Waals surface area contributed by atoms with Crippen molar-refractivity contribution in [3.05, 3.63) is 117 Å². The number of hydrogen-bond donors (Lipinski definition) is 1. The van der Waals surface area contributed by atoms with Gasteiger partial charge in [0.25, 0.3) is 5.91 Å². The fourth-order valence-corrected chi connectivity index (χ4v) is 5.43. The average molecular weight is 526 g/mol. The van der Waals surface area contributed by atoms with Gasteiger partial charge in [0.05, 0.1) is 6.04 Å². The number of carbonyl (C=O) groups is 2. The first-order valence-electron chi connectivity index (χ1n) is 12.9. The van der Waals surface area contributed by atoms with Crippen molar-refractivity contribution in [2.45, 2.75) is 39.5 Å². The minimum Gasteiger partial charge on any atom is -0.486 e. The van der Waals surface area contributed by atoms with Crippen LogP contribution in [-0.2, 0) is 24.4 Å². The molecule has 0 spiro atoms. The molecular weight excluding hydrogens is 494 g/mol. The number of nitrogens with zero attached hydrogens (tertiary/aromatic N) is 2. The van der Waals surface area contributed by atoms with Gasteiger partial charge in [0.2, 0.25) is 5.91 Å². The number of amides is 2. The maximum absolute atomic E-state index is 13.1. The van der Waals surface area contributed by atoms with Gasteiger partial charge in [0.15, 0.2) is 0 Å². The third kappa shape index (κ3) is 5.78. The van der Waals surface area contributed by atoms with Crippen LogP contribution in [0.2, 0.25) is 0 Å². The van der Waals surface area contributed by atoms with Gasteiger partial charge in [-0.15, -0.1) is 11.3 Å². The van der Waals surface area contributed by atoms with Gasteiger partial charge in [-0.05, 0) is 40.8 Å². The first kappa shape index (κ1) is 25.7. The van der Waals surface area contributed by atoms with Crippen molar-refractivity contribution >= 4 is 23.2 Å². The quantitative estimate of drug-likeness (QED) is 0.316. The number of benzene rings is 3. The van der Waals surface area contributed by atoms with Gasteiger partial charge < -0.3 is 15.0 Å². The lowest BCUT2D eigenvalue weighted by molar-refractivity contribution is -0.136. The van der Waals surface area contributed by atoms with Gasteiger partial charge in [-0.3, -0.25) is 9.59 Å². The lowest BCUT2D eigenvalue weighted by Gasteiger charge is -2.39. The Morgan fingerprint density at radius 2 is 1.79 bits per heavy atom. The summed E-state index contributed by atoms with van der Waals surface area (Å²) in [5.41, 5.74) is 4.84. The fraction of sp³-hybridized carbons (Fsp3) is 0.258. The molecule has 0 radical (unpaired) electrons. The fourth-order valence-electron chi connectivity index (χ4n) is 4.74. The minimum absolute atomic E-state index is 0.0776. The standard InChI is InChI=1S/C31H31N3O3S/c1-21(2)31(36)34-16-15-23-13-14-25(17-26(23)29(34)24-11-7-4-8-12-24)37-19-28-33-27(20-38-28)30(35)32-18-22-9-5-3-6-10-22/h3-14,17,20-21,29H,15-16,18-19H2,1-2H3,(H,32,35). The van der Waals surface area contributed by atoms with E-state index in [0.717, 1.165) is 28.1 Å². The molecule has 3 aromatic carbocycles. The predicted octanol–water partition coefficient (Wildman–Crippen LogP) is 5.78. The summed E-state index contributed by atoms with van der Waals surface area (Å²) in [5.74, 6) is 0.586. The van der Waals surface area contributed by atoms with Gasteiger partial charge >= 0.3 is 0 Å². The summed E-state index contributed by atoms with van der Waals surface area (Å²) in [4.78, 5) is 32.1. The Balaban J connectivity index is 1.29. The lowest BCUT2D eigenvalue weighted by atomic mass is 9.87. The Morgan fingerprint density at radius 1 is 1.05 bits per heavy atom. The van der Waals surface area contributed by atoms with Crippen molar-refractivity contribution < 1.29 is 14.3 Å². The molecular formula is C31H31N3O3S. The summed E-state index contributed by atoms with van der Waals surface area (Å²) in [5, 5.41) is 5.39. The van der Waals surface area contributed by atoms with Crippen molar-refractivity contribution in [2.24, 2.45) is 5.92 Å². The number of carbonyl (C=O) groups excluding carboxylic acids is 2. The van der Waals surface area contributed by atoms with E-state index < -0.39 is 0 Å². The van der Waals surface area contributed by atoms with Gasteiger partial charge in [-0.2, -0.15) is 0 Å². The molecule has 0 saturated carbocycles. The summed E-state index contributed by atoms with van der Waals surface area (Å²) in [7, 11) is 0. The molecule has 1 N–H and O–H groups in total. The molecule has 2 amide bonds. The molecule has 7 heteroatoms. The van der Waals surface area contributed by atoms with Crippen molar-refractivity contribution in [1.29, 1.82) is 0 Å². The Bertz CT molecular complexity index is 1400. The van der Waals surface area contributed by atoms with E-state index in [0.29, 0.717) is 24.5 Å². The minimum atomic E-state index is -0.203. The normalized spacial score (nSPS) is 14.7. The Morgan fingerprint density at radius 3 is 2.53 bits per heavy atom. The monoisotopic (exact) mass is 525 g/mol. The van der Waals surface area contributed by atoms with E-state index in [9.17, 15) is 9.59 Å². The Hall–Kier alpha value is -3.97. The molecule has 0 aliphatic carbocycles. The molecule has 1 unspecified atom stereocenters. The zero-order valence-electron chi connectivity index (χ0n) is 21.6. The number of aromatic nitrogens is 1. The van der Waals surface area contributed by atoms with Crippen molar-refractivity contribution in [1.82, 2.24) is 15.2 Å². The maximum Gasteiger partial charge on any atom is 0.271 e. The highest BCUT2D eigenvalue weighted by Crippen LogP contribution is 2.38. The van der Waals surface area contributed by atoms with Crippen molar-refractivity contribution in [3.63, 3.8) is 0 Å². The van der Waals surface area contributed by atoms with Gasteiger partial charge in [-0.25, -0.2) is 4.98 Å². The molecule has 0 bridgehead atoms. The first-order chi connectivity index (χ1) is 18.5. The summed E-state index contributed by atoms with van der Waals surface area (Å²) in [6, 6.07) is 25.9. The molecule has 1 aliphatic rings. The van der Waals surface area contributed by atoms with Crippen molar-refractivity contribution in [2.75, 3.05) is 6.54 Å². The van der Waals surface area contributed by atoms with E-state index in [1.165, 1.54) is 16.9 Å². The highest BCUT2D eigenvalue weighted by molar-refractivity contribution is 7.09. The SMILES string of the molecule is CC(C)C(=O)N1CCc2ccc(OCc3nc(C(=O)NCc4ccccc4)cs3)cc2C1c1ccccc1. The van der Waals surface area contributed by atoms with E-state index in [2.05, 4.69) is 28.5 Å². The highest BCUT2D eigenvalue weighted by Gasteiger charge is 2.33. The molecule has 0 saturated heterocycles. The van der Waals surface area contributed by atoms with Crippen molar-refractivity contribution in [3.8, 4) is 5.75 Å². The van der Waals surface area contributed by atoms with Crippen LogP contribution in [-0.4, -0.2) is 28.2 Å². The van der Waals surface area contributed by atoms with Crippen LogP contribution in [0.15, 0.2) is 84.2 Å². The van der Waals surface area contributed by atoms with Gasteiger partial charge in [0.1, 0.15) is 23.1 Å². The number of ether oxygens (including phenoxy) is 1. The number of nitrogens with one attached hydrogen (secondary N) is 1. The molecule has 1 aliphatic heterocycles. The summed E-state index contributed by atoms with van der Waals surface area (Å²) in [6.07, 6.45) is 0.811. The maximum atomic E-state index is 13.1. The molecule has 2 heterocycles. The molecule has 1 aromatic heterocycles. The zero-order valence-corrected chi connectivity index (χ0v) is 22.4. The number of hydrogen-bond acceptors (Lipinski definition) is 5. The average Bonchev–Trinajstić information content (AvgIpc) is 3.44. The molecule has 5 rings (SSSR count). The largest absolute Gasteiger partial charge is 0.486 e. The second kappa shape index (κ2) is 11.6. The van der Waals surface area contributed by atoms with E-state index in [4.69, 9.17) is 4.74 Å². The number of fused-ring (bicyclic) bond motifs is 1. The topological polar surface area (TPSA) is 71.5 Å². The van der Waals surface area contributed by atoms with Crippen LogP contribution < -0.4 is 10.1 Å². The molecule has 6 nitrogen and oxygen atoms in total. The van der Waals surface area contributed by atoms with Crippen LogP contribution >= 0.6 is 11.3 Å². The molecule has 1 atom stereocenters. The Labute approximate surface area is 227 Å². The Kier molecular flexibility index (Phi) is 7.84. The molecule has 194 valence electrons.